The third-order valence-corrected chi connectivity index (χ3v) is 5.29. The summed E-state index contributed by atoms with van der Waals surface area (Å²) in [4.78, 5) is 16.8. The average Bonchev–Trinajstić information content (AvgIpc) is 3.23. The van der Waals surface area contributed by atoms with Gasteiger partial charge in [-0.25, -0.2) is 13.8 Å². The van der Waals surface area contributed by atoms with Gasteiger partial charge in [0, 0.05) is 29.1 Å². The Morgan fingerprint density at radius 3 is 2.41 bits per heavy atom. The van der Waals surface area contributed by atoms with Crippen LogP contribution in [0.15, 0.2) is 78.2 Å². The Morgan fingerprint density at radius 1 is 0.931 bits per heavy atom. The molecule has 1 amide bonds. The summed E-state index contributed by atoms with van der Waals surface area (Å²) in [5.41, 5.74) is 3.67. The van der Waals surface area contributed by atoms with Crippen LogP contribution in [0.1, 0.15) is 15.9 Å². The minimum absolute atomic E-state index is 0.181. The third-order valence-electron chi connectivity index (χ3n) is 4.40. The van der Waals surface area contributed by atoms with Gasteiger partial charge in [0.15, 0.2) is 0 Å². The van der Waals surface area contributed by atoms with E-state index < -0.39 is 17.5 Å². The molecule has 4 aromatic rings. The third kappa shape index (κ3) is 4.38. The van der Waals surface area contributed by atoms with Gasteiger partial charge in [-0.15, -0.1) is 11.3 Å². The monoisotopic (exact) mass is 406 g/mol. The van der Waals surface area contributed by atoms with Crippen molar-refractivity contribution in [3.8, 4) is 21.8 Å². The smallest absolute Gasteiger partial charge is 0.254 e. The first kappa shape index (κ1) is 19.0. The summed E-state index contributed by atoms with van der Waals surface area (Å²) in [5.74, 6) is -2.18. The normalized spacial score (nSPS) is 10.7. The molecule has 4 rings (SSSR count). The van der Waals surface area contributed by atoms with Crippen LogP contribution in [0.25, 0.3) is 21.8 Å². The molecule has 3 aromatic carbocycles. The van der Waals surface area contributed by atoms with Crippen LogP contribution in [-0.4, -0.2) is 10.9 Å². The number of aromatic nitrogens is 1. The first-order valence-corrected chi connectivity index (χ1v) is 9.81. The summed E-state index contributed by atoms with van der Waals surface area (Å²) in [6.07, 6.45) is 0. The number of hydrogen-bond donors (Lipinski definition) is 1. The highest BCUT2D eigenvalue weighted by Crippen LogP contribution is 2.28. The van der Waals surface area contributed by atoms with Crippen LogP contribution in [-0.2, 0) is 6.54 Å². The van der Waals surface area contributed by atoms with E-state index in [0.717, 1.165) is 39.5 Å². The van der Waals surface area contributed by atoms with Crippen molar-refractivity contribution in [2.24, 2.45) is 0 Å². The van der Waals surface area contributed by atoms with Crippen molar-refractivity contribution in [3.05, 3.63) is 101 Å². The molecule has 0 saturated carbocycles. The Morgan fingerprint density at radius 2 is 1.69 bits per heavy atom. The molecule has 1 heterocycles. The number of carbonyl (C=O) groups is 1. The van der Waals surface area contributed by atoms with Crippen molar-refractivity contribution in [1.82, 2.24) is 10.3 Å². The first-order chi connectivity index (χ1) is 14.1. The second-order valence-corrected chi connectivity index (χ2v) is 7.27. The lowest BCUT2D eigenvalue weighted by molar-refractivity contribution is 0.0947. The molecule has 0 aliphatic rings. The number of rotatable bonds is 5. The molecule has 1 N–H and O–H groups in total. The molecule has 0 spiro atoms. The van der Waals surface area contributed by atoms with Crippen molar-refractivity contribution in [3.63, 3.8) is 0 Å². The van der Waals surface area contributed by atoms with Gasteiger partial charge < -0.3 is 5.32 Å². The Bertz CT molecular complexity index is 1140. The van der Waals surface area contributed by atoms with E-state index in [-0.39, 0.29) is 12.1 Å². The van der Waals surface area contributed by atoms with E-state index in [1.54, 1.807) is 11.3 Å². The fourth-order valence-electron chi connectivity index (χ4n) is 2.86. The molecular weight excluding hydrogens is 390 g/mol. The van der Waals surface area contributed by atoms with Gasteiger partial charge in [-0.2, -0.15) is 0 Å². The lowest BCUT2D eigenvalue weighted by atomic mass is 10.1. The van der Waals surface area contributed by atoms with Crippen LogP contribution in [0.3, 0.4) is 0 Å². The van der Waals surface area contributed by atoms with Crippen molar-refractivity contribution in [1.29, 1.82) is 0 Å². The van der Waals surface area contributed by atoms with E-state index in [1.165, 1.54) is 0 Å². The predicted molar refractivity (Wildman–Crippen MR) is 111 cm³/mol. The SMILES string of the molecule is O=C(NCc1ccc(-c2nc(-c3ccccc3)cs2)cc1)c1ccc(F)cc1F. The molecular formula is C23H16F2N2OS. The first-order valence-electron chi connectivity index (χ1n) is 8.93. The molecule has 6 heteroatoms. The summed E-state index contributed by atoms with van der Waals surface area (Å²) in [6, 6.07) is 20.5. The zero-order chi connectivity index (χ0) is 20.2. The molecule has 0 atom stereocenters. The number of halogens is 2. The molecule has 0 bridgehead atoms. The largest absolute Gasteiger partial charge is 0.348 e. The topological polar surface area (TPSA) is 42.0 Å². The fraction of sp³-hybridized carbons (Fsp3) is 0.0435. The minimum Gasteiger partial charge on any atom is -0.348 e. The summed E-state index contributed by atoms with van der Waals surface area (Å²) < 4.78 is 26.6. The number of amides is 1. The predicted octanol–water partition coefficient (Wildman–Crippen LogP) is 5.69. The van der Waals surface area contributed by atoms with Gasteiger partial charge in [-0.3, -0.25) is 4.79 Å². The molecule has 0 saturated heterocycles. The second kappa shape index (κ2) is 8.32. The molecule has 0 aliphatic carbocycles. The average molecular weight is 406 g/mol. The van der Waals surface area contributed by atoms with Crippen molar-refractivity contribution in [2.45, 2.75) is 6.54 Å². The molecule has 144 valence electrons. The Kier molecular flexibility index (Phi) is 5.44. The van der Waals surface area contributed by atoms with Crippen molar-refractivity contribution < 1.29 is 13.6 Å². The quantitative estimate of drug-likeness (QED) is 0.463. The van der Waals surface area contributed by atoms with Crippen LogP contribution in [0.4, 0.5) is 8.78 Å². The summed E-state index contributed by atoms with van der Waals surface area (Å²) >= 11 is 1.57. The Balaban J connectivity index is 1.42. The van der Waals surface area contributed by atoms with E-state index in [4.69, 9.17) is 0 Å². The number of benzene rings is 3. The number of carbonyl (C=O) groups excluding carboxylic acids is 1. The second-order valence-electron chi connectivity index (χ2n) is 6.41. The van der Waals surface area contributed by atoms with Gasteiger partial charge in [0.1, 0.15) is 16.6 Å². The van der Waals surface area contributed by atoms with Gasteiger partial charge in [-0.05, 0) is 17.7 Å². The zero-order valence-electron chi connectivity index (χ0n) is 15.2. The van der Waals surface area contributed by atoms with Crippen LogP contribution >= 0.6 is 11.3 Å². The van der Waals surface area contributed by atoms with Crippen molar-refractivity contribution >= 4 is 17.2 Å². The lowest BCUT2D eigenvalue weighted by Gasteiger charge is -2.07. The van der Waals surface area contributed by atoms with Gasteiger partial charge in [0.25, 0.3) is 5.91 Å². The van der Waals surface area contributed by atoms with Crippen LogP contribution < -0.4 is 5.32 Å². The number of nitrogens with one attached hydrogen (secondary N) is 1. The van der Waals surface area contributed by atoms with E-state index in [1.807, 2.05) is 60.0 Å². The minimum atomic E-state index is -0.879. The maximum absolute atomic E-state index is 13.7. The summed E-state index contributed by atoms with van der Waals surface area (Å²) in [6.45, 7) is 0.239. The number of hydrogen-bond acceptors (Lipinski definition) is 3. The Labute approximate surface area is 170 Å². The van der Waals surface area contributed by atoms with E-state index in [9.17, 15) is 13.6 Å². The highest BCUT2D eigenvalue weighted by molar-refractivity contribution is 7.13. The van der Waals surface area contributed by atoms with Gasteiger partial charge in [0.2, 0.25) is 0 Å². The van der Waals surface area contributed by atoms with E-state index in [0.29, 0.717) is 6.07 Å². The standard InChI is InChI=1S/C23H16F2N2OS/c24-18-10-11-19(20(25)12-18)22(28)26-13-15-6-8-17(9-7-15)23-27-21(14-29-23)16-4-2-1-3-5-16/h1-12,14H,13H2,(H,26,28). The Hall–Kier alpha value is -3.38. The molecule has 29 heavy (non-hydrogen) atoms. The number of thiazole rings is 1. The van der Waals surface area contributed by atoms with Crippen LogP contribution in [0, 0.1) is 11.6 Å². The van der Waals surface area contributed by atoms with Crippen LogP contribution in [0.5, 0.6) is 0 Å². The molecule has 0 fully saturated rings. The van der Waals surface area contributed by atoms with Gasteiger partial charge in [0.05, 0.1) is 11.3 Å². The highest BCUT2D eigenvalue weighted by Gasteiger charge is 2.12. The molecule has 3 nitrogen and oxygen atoms in total. The fourth-order valence-corrected chi connectivity index (χ4v) is 3.70. The zero-order valence-corrected chi connectivity index (χ0v) is 16.0. The molecule has 1 aromatic heterocycles. The lowest BCUT2D eigenvalue weighted by Crippen LogP contribution is -2.23. The number of nitrogens with zero attached hydrogens (tertiary/aromatic N) is 1. The van der Waals surface area contributed by atoms with Crippen molar-refractivity contribution in [2.75, 3.05) is 0 Å². The summed E-state index contributed by atoms with van der Waals surface area (Å²) in [5, 5.41) is 5.58. The maximum atomic E-state index is 13.7. The molecule has 0 aliphatic heterocycles. The van der Waals surface area contributed by atoms with Gasteiger partial charge >= 0.3 is 0 Å². The molecule has 0 radical (unpaired) electrons. The molecule has 0 unspecified atom stereocenters. The van der Waals surface area contributed by atoms with Gasteiger partial charge in [-0.1, -0.05) is 54.6 Å². The summed E-state index contributed by atoms with van der Waals surface area (Å²) in [7, 11) is 0. The highest BCUT2D eigenvalue weighted by atomic mass is 32.1. The van der Waals surface area contributed by atoms with E-state index >= 15 is 0 Å². The van der Waals surface area contributed by atoms with Crippen LogP contribution in [0.2, 0.25) is 0 Å². The maximum Gasteiger partial charge on any atom is 0.254 e. The van der Waals surface area contributed by atoms with E-state index in [2.05, 4.69) is 10.3 Å².